The van der Waals surface area contributed by atoms with Crippen LogP contribution in [0.4, 0.5) is 0 Å². The van der Waals surface area contributed by atoms with Crippen molar-refractivity contribution in [2.75, 3.05) is 19.6 Å². The van der Waals surface area contributed by atoms with Crippen LogP contribution in [0.25, 0.3) is 0 Å². The number of piperidine rings is 1. The molecule has 1 saturated heterocycles. The van der Waals surface area contributed by atoms with E-state index in [1.807, 2.05) is 12.1 Å². The van der Waals surface area contributed by atoms with Gasteiger partial charge in [0, 0.05) is 30.4 Å². The van der Waals surface area contributed by atoms with Gasteiger partial charge in [-0.05, 0) is 44.0 Å². The van der Waals surface area contributed by atoms with Gasteiger partial charge in [0.25, 0.3) is 0 Å². The monoisotopic (exact) mass is 245 g/mol. The molecule has 1 aliphatic rings. The van der Waals surface area contributed by atoms with Gasteiger partial charge in [-0.2, -0.15) is 0 Å². The predicted molar refractivity (Wildman–Crippen MR) is 72.3 cm³/mol. The first-order valence-corrected chi connectivity index (χ1v) is 6.62. The van der Waals surface area contributed by atoms with Crippen LogP contribution >= 0.6 is 0 Å². The number of hydrogen-bond acceptors (Lipinski definition) is 3. The van der Waals surface area contributed by atoms with Crippen LogP contribution in [-0.2, 0) is 0 Å². The summed E-state index contributed by atoms with van der Waals surface area (Å²) in [6, 6.07) is 3.64. The Morgan fingerprint density at radius 2 is 1.89 bits per heavy atom. The van der Waals surface area contributed by atoms with Gasteiger partial charge >= 0.3 is 0 Å². The largest absolute Gasteiger partial charge is 0.303 e. The summed E-state index contributed by atoms with van der Waals surface area (Å²) in [6.07, 6.45) is 5.35. The fraction of sp³-hybridized carbons (Fsp3) is 0.533. The van der Waals surface area contributed by atoms with Crippen molar-refractivity contribution in [3.05, 3.63) is 36.0 Å². The lowest BCUT2D eigenvalue weighted by Crippen LogP contribution is -2.38. The van der Waals surface area contributed by atoms with Crippen molar-refractivity contribution in [2.45, 2.75) is 26.7 Å². The van der Waals surface area contributed by atoms with Crippen LogP contribution in [0.15, 0.2) is 24.5 Å². The molecule has 1 aromatic heterocycles. The third kappa shape index (κ3) is 3.39. The van der Waals surface area contributed by atoms with Gasteiger partial charge in [0.1, 0.15) is 0 Å². The summed E-state index contributed by atoms with van der Waals surface area (Å²) in [7, 11) is 0. The number of carbonyl (C=O) groups is 1. The molecular weight excluding hydrogens is 224 g/mol. The van der Waals surface area contributed by atoms with Crippen molar-refractivity contribution in [3.8, 4) is 0 Å². The summed E-state index contributed by atoms with van der Waals surface area (Å²) in [5.41, 5.74) is 0.807. The van der Waals surface area contributed by atoms with Gasteiger partial charge in [-0.1, -0.05) is 13.8 Å². The smallest absolute Gasteiger partial charge is 0.166 e. The zero-order valence-corrected chi connectivity index (χ0v) is 11.2. The molecule has 0 unspecified atom stereocenters. The van der Waals surface area contributed by atoms with Gasteiger partial charge in [0.05, 0.1) is 0 Å². The standard InChI is InChI=1S/C15H21N2O/c1-12(2)11-17-9-5-14(6-10-17)15(18)13-3-7-16-8-4-13/h3-4,7-8,14H,5-6,9-11H2,1-2H3. The van der Waals surface area contributed by atoms with Crippen molar-refractivity contribution in [2.24, 2.45) is 5.92 Å². The minimum Gasteiger partial charge on any atom is -0.303 e. The molecule has 2 rings (SSSR count). The van der Waals surface area contributed by atoms with Crippen molar-refractivity contribution < 1.29 is 4.79 Å². The Hall–Kier alpha value is -1.22. The van der Waals surface area contributed by atoms with E-state index in [9.17, 15) is 4.79 Å². The summed E-state index contributed by atoms with van der Waals surface area (Å²) >= 11 is 0. The second-order valence-electron chi connectivity index (χ2n) is 5.36. The molecule has 1 aromatic rings. The topological polar surface area (TPSA) is 33.2 Å². The number of ketones is 1. The summed E-state index contributed by atoms with van der Waals surface area (Å²) in [4.78, 5) is 18.7. The molecule has 1 radical (unpaired) electrons. The van der Waals surface area contributed by atoms with Crippen molar-refractivity contribution >= 4 is 5.78 Å². The van der Waals surface area contributed by atoms with Crippen LogP contribution < -0.4 is 0 Å². The first-order valence-electron chi connectivity index (χ1n) is 6.62. The molecule has 0 aliphatic carbocycles. The van der Waals surface area contributed by atoms with Gasteiger partial charge in [-0.25, -0.2) is 0 Å². The number of aromatic nitrogens is 1. The second-order valence-corrected chi connectivity index (χ2v) is 5.36. The van der Waals surface area contributed by atoms with E-state index in [-0.39, 0.29) is 11.7 Å². The molecule has 3 nitrogen and oxygen atoms in total. The SMILES string of the molecule is C[C](C)CN1CCC(C(=O)c2ccncc2)CC1. The highest BCUT2D eigenvalue weighted by Gasteiger charge is 2.25. The van der Waals surface area contributed by atoms with Gasteiger partial charge in [-0.15, -0.1) is 0 Å². The van der Waals surface area contributed by atoms with Crippen LogP contribution in [0.3, 0.4) is 0 Å². The van der Waals surface area contributed by atoms with Crippen LogP contribution in [0.5, 0.6) is 0 Å². The molecule has 97 valence electrons. The first kappa shape index (κ1) is 13.2. The van der Waals surface area contributed by atoms with Gasteiger partial charge < -0.3 is 4.90 Å². The van der Waals surface area contributed by atoms with Gasteiger partial charge in [-0.3, -0.25) is 9.78 Å². The number of pyridine rings is 1. The highest BCUT2D eigenvalue weighted by atomic mass is 16.1. The third-order valence-electron chi connectivity index (χ3n) is 3.46. The normalized spacial score (nSPS) is 18.2. The molecule has 0 bridgehead atoms. The Bertz CT molecular complexity index is 381. The summed E-state index contributed by atoms with van der Waals surface area (Å²) in [5, 5.41) is 0. The molecule has 0 amide bonds. The fourth-order valence-electron chi connectivity index (χ4n) is 2.55. The Morgan fingerprint density at radius 1 is 1.28 bits per heavy atom. The molecule has 0 N–H and O–H groups in total. The Kier molecular flexibility index (Phi) is 4.48. The fourth-order valence-corrected chi connectivity index (χ4v) is 2.55. The highest BCUT2D eigenvalue weighted by molar-refractivity contribution is 5.97. The van der Waals surface area contributed by atoms with Gasteiger partial charge in [0.2, 0.25) is 0 Å². The molecular formula is C15H21N2O. The summed E-state index contributed by atoms with van der Waals surface area (Å²) in [6.45, 7) is 7.46. The number of nitrogens with zero attached hydrogens (tertiary/aromatic N) is 2. The summed E-state index contributed by atoms with van der Waals surface area (Å²) < 4.78 is 0. The maximum Gasteiger partial charge on any atom is 0.166 e. The van der Waals surface area contributed by atoms with E-state index in [0.29, 0.717) is 0 Å². The average molecular weight is 245 g/mol. The van der Waals surface area contributed by atoms with Crippen LogP contribution in [0.2, 0.25) is 0 Å². The average Bonchev–Trinajstić information content (AvgIpc) is 2.39. The zero-order valence-electron chi connectivity index (χ0n) is 11.2. The minimum absolute atomic E-state index is 0.195. The molecule has 0 atom stereocenters. The number of hydrogen-bond donors (Lipinski definition) is 0. The lowest BCUT2D eigenvalue weighted by Gasteiger charge is -2.32. The predicted octanol–water partition coefficient (Wildman–Crippen LogP) is 2.59. The van der Waals surface area contributed by atoms with Crippen LogP contribution in [0, 0.1) is 11.8 Å². The van der Waals surface area contributed by atoms with Crippen LogP contribution in [-0.4, -0.2) is 35.3 Å². The molecule has 0 saturated carbocycles. The number of likely N-dealkylation sites (tertiary alicyclic amines) is 1. The first-order chi connectivity index (χ1) is 8.66. The molecule has 0 spiro atoms. The highest BCUT2D eigenvalue weighted by Crippen LogP contribution is 2.22. The number of carbonyl (C=O) groups excluding carboxylic acids is 1. The third-order valence-corrected chi connectivity index (χ3v) is 3.46. The Balaban J connectivity index is 1.88. The minimum atomic E-state index is 0.195. The van der Waals surface area contributed by atoms with E-state index < -0.39 is 0 Å². The Morgan fingerprint density at radius 3 is 2.44 bits per heavy atom. The van der Waals surface area contributed by atoms with Crippen molar-refractivity contribution in [3.63, 3.8) is 0 Å². The van der Waals surface area contributed by atoms with E-state index in [1.54, 1.807) is 12.4 Å². The lowest BCUT2D eigenvalue weighted by molar-refractivity contribution is 0.0844. The maximum absolute atomic E-state index is 12.3. The molecule has 0 aromatic carbocycles. The van der Waals surface area contributed by atoms with Gasteiger partial charge in [0.15, 0.2) is 5.78 Å². The molecule has 1 aliphatic heterocycles. The van der Waals surface area contributed by atoms with E-state index in [1.165, 1.54) is 5.92 Å². The zero-order chi connectivity index (χ0) is 13.0. The maximum atomic E-state index is 12.3. The number of Topliss-reactive ketones (excluding diaryl/α,β-unsaturated/α-hetero) is 1. The van der Waals surface area contributed by atoms with E-state index in [4.69, 9.17) is 0 Å². The van der Waals surface area contributed by atoms with Crippen LogP contribution in [0.1, 0.15) is 37.0 Å². The second kappa shape index (κ2) is 6.10. The number of rotatable bonds is 4. The molecule has 1 fully saturated rings. The quantitative estimate of drug-likeness (QED) is 0.764. The molecule has 3 heteroatoms. The Labute approximate surface area is 109 Å². The van der Waals surface area contributed by atoms with E-state index in [0.717, 1.165) is 38.0 Å². The lowest BCUT2D eigenvalue weighted by atomic mass is 9.89. The van der Waals surface area contributed by atoms with Crippen molar-refractivity contribution in [1.29, 1.82) is 0 Å². The van der Waals surface area contributed by atoms with Crippen molar-refractivity contribution in [1.82, 2.24) is 9.88 Å². The molecule has 18 heavy (non-hydrogen) atoms. The van der Waals surface area contributed by atoms with E-state index >= 15 is 0 Å². The molecule has 2 heterocycles. The summed E-state index contributed by atoms with van der Waals surface area (Å²) in [5.74, 6) is 1.92. The van der Waals surface area contributed by atoms with E-state index in [2.05, 4.69) is 23.7 Å².